The Morgan fingerprint density at radius 2 is 2.00 bits per heavy atom. The average Bonchev–Trinajstić information content (AvgIpc) is 3.35. The molecule has 0 N–H and O–H groups in total. The molecule has 0 spiro atoms. The monoisotopic (exact) mass is 400 g/mol. The second-order valence-corrected chi connectivity index (χ2v) is 6.83. The predicted octanol–water partition coefficient (Wildman–Crippen LogP) is 3.40. The molecule has 2 aliphatic heterocycles. The topological polar surface area (TPSA) is 101 Å². The van der Waals surface area contributed by atoms with Gasteiger partial charge in [-0.3, -0.25) is 14.5 Å². The molecule has 0 saturated carbocycles. The van der Waals surface area contributed by atoms with E-state index in [-0.39, 0.29) is 30.3 Å². The van der Waals surface area contributed by atoms with E-state index in [1.165, 1.54) is 12.2 Å². The van der Waals surface area contributed by atoms with Crippen molar-refractivity contribution < 1.29 is 23.5 Å². The lowest BCUT2D eigenvalue weighted by Gasteiger charge is -2.26. The van der Waals surface area contributed by atoms with E-state index in [4.69, 9.17) is 9.15 Å². The van der Waals surface area contributed by atoms with Gasteiger partial charge in [0.1, 0.15) is 29.8 Å². The van der Waals surface area contributed by atoms with Crippen LogP contribution in [0.2, 0.25) is 0 Å². The fourth-order valence-electron chi connectivity index (χ4n) is 3.44. The standard InChI is InChI=1S/C23H16N2O5/c1-3-8-25-21(26)18(13(2)19(11-24)22(25)27)10-16-5-7-20(30-16)14-4-6-17-15(9-14)12-29-23(17)28/h3-7,9-10H,1,8,12H2,2H3/b18-10+. The summed E-state index contributed by atoms with van der Waals surface area (Å²) in [4.78, 5) is 37.7. The summed E-state index contributed by atoms with van der Waals surface area (Å²) in [5.74, 6) is -0.541. The first-order chi connectivity index (χ1) is 14.4. The van der Waals surface area contributed by atoms with Gasteiger partial charge in [0.05, 0.1) is 5.56 Å². The van der Waals surface area contributed by atoms with Gasteiger partial charge in [0.2, 0.25) is 0 Å². The second kappa shape index (κ2) is 7.33. The largest absolute Gasteiger partial charge is 0.457 e. The lowest BCUT2D eigenvalue weighted by atomic mass is 9.94. The van der Waals surface area contributed by atoms with E-state index in [9.17, 15) is 19.6 Å². The van der Waals surface area contributed by atoms with E-state index in [1.807, 2.05) is 12.1 Å². The highest BCUT2D eigenvalue weighted by atomic mass is 16.5. The first kappa shape index (κ1) is 19.2. The van der Waals surface area contributed by atoms with Crippen LogP contribution in [0.1, 0.15) is 28.6 Å². The van der Waals surface area contributed by atoms with Crippen LogP contribution in [-0.2, 0) is 20.9 Å². The second-order valence-electron chi connectivity index (χ2n) is 6.83. The Labute approximate surface area is 172 Å². The van der Waals surface area contributed by atoms with Gasteiger partial charge in [-0.15, -0.1) is 6.58 Å². The van der Waals surface area contributed by atoms with Crippen molar-refractivity contribution in [3.05, 3.63) is 76.6 Å². The quantitative estimate of drug-likeness (QED) is 0.337. The zero-order chi connectivity index (χ0) is 21.4. The number of ether oxygens (including phenoxy) is 1. The third-order valence-electron chi connectivity index (χ3n) is 5.02. The number of rotatable bonds is 4. The van der Waals surface area contributed by atoms with E-state index < -0.39 is 11.8 Å². The third-order valence-corrected chi connectivity index (χ3v) is 5.02. The van der Waals surface area contributed by atoms with Gasteiger partial charge in [-0.05, 0) is 42.8 Å². The van der Waals surface area contributed by atoms with Gasteiger partial charge in [0.15, 0.2) is 0 Å². The summed E-state index contributed by atoms with van der Waals surface area (Å²) in [7, 11) is 0. The van der Waals surface area contributed by atoms with Crippen LogP contribution in [0.4, 0.5) is 0 Å². The molecule has 148 valence electrons. The molecule has 1 aromatic carbocycles. The fourth-order valence-corrected chi connectivity index (χ4v) is 3.44. The van der Waals surface area contributed by atoms with Gasteiger partial charge in [-0.25, -0.2) is 4.79 Å². The van der Waals surface area contributed by atoms with Gasteiger partial charge in [-0.1, -0.05) is 12.1 Å². The molecule has 2 aromatic rings. The maximum absolute atomic E-state index is 12.8. The Hall–Kier alpha value is -4.18. The Morgan fingerprint density at radius 3 is 2.73 bits per heavy atom. The van der Waals surface area contributed by atoms with Crippen LogP contribution in [0.25, 0.3) is 17.4 Å². The van der Waals surface area contributed by atoms with Crippen LogP contribution < -0.4 is 0 Å². The smallest absolute Gasteiger partial charge is 0.338 e. The number of imide groups is 1. The van der Waals surface area contributed by atoms with E-state index in [0.29, 0.717) is 22.7 Å². The van der Waals surface area contributed by atoms with Crippen molar-refractivity contribution in [1.82, 2.24) is 4.90 Å². The molecule has 7 nitrogen and oxygen atoms in total. The molecule has 0 unspecified atom stereocenters. The van der Waals surface area contributed by atoms with Gasteiger partial charge < -0.3 is 9.15 Å². The summed E-state index contributed by atoms with van der Waals surface area (Å²) in [6.07, 6.45) is 2.94. The Balaban J connectivity index is 1.71. The lowest BCUT2D eigenvalue weighted by Crippen LogP contribution is -2.42. The van der Waals surface area contributed by atoms with Crippen LogP contribution in [0.5, 0.6) is 0 Å². The lowest BCUT2D eigenvalue weighted by molar-refractivity contribution is -0.139. The van der Waals surface area contributed by atoms with Crippen molar-refractivity contribution in [1.29, 1.82) is 5.26 Å². The van der Waals surface area contributed by atoms with Crippen molar-refractivity contribution in [2.24, 2.45) is 0 Å². The minimum atomic E-state index is -0.632. The van der Waals surface area contributed by atoms with E-state index in [0.717, 1.165) is 16.0 Å². The molecule has 0 saturated heterocycles. The molecule has 2 aliphatic rings. The zero-order valence-corrected chi connectivity index (χ0v) is 16.1. The number of hydrogen-bond donors (Lipinski definition) is 0. The summed E-state index contributed by atoms with van der Waals surface area (Å²) < 4.78 is 10.9. The normalized spacial score (nSPS) is 17.3. The fraction of sp³-hybridized carbons (Fsp3) is 0.130. The molecule has 0 aliphatic carbocycles. The molecule has 0 atom stereocenters. The molecule has 4 rings (SSSR count). The molecule has 0 bridgehead atoms. The highest BCUT2D eigenvalue weighted by Crippen LogP contribution is 2.31. The number of benzene rings is 1. The van der Waals surface area contributed by atoms with Crippen LogP contribution in [-0.4, -0.2) is 29.2 Å². The Morgan fingerprint density at radius 1 is 1.20 bits per heavy atom. The first-order valence-electron chi connectivity index (χ1n) is 9.15. The molecule has 2 amide bonds. The maximum Gasteiger partial charge on any atom is 0.338 e. The number of cyclic esters (lactones) is 1. The van der Waals surface area contributed by atoms with Crippen molar-refractivity contribution in [3.63, 3.8) is 0 Å². The number of fused-ring (bicyclic) bond motifs is 1. The SMILES string of the molecule is C=CCN1C(=O)C(C#N)=C(C)/C(=C\c2ccc(-c3ccc4c(c3)COC4=O)o2)C1=O. The van der Waals surface area contributed by atoms with Crippen LogP contribution in [0, 0.1) is 11.3 Å². The van der Waals surface area contributed by atoms with E-state index >= 15 is 0 Å². The number of amides is 2. The zero-order valence-electron chi connectivity index (χ0n) is 16.1. The van der Waals surface area contributed by atoms with Crippen molar-refractivity contribution in [2.75, 3.05) is 6.54 Å². The molecular weight excluding hydrogens is 384 g/mol. The van der Waals surface area contributed by atoms with Gasteiger partial charge in [-0.2, -0.15) is 5.26 Å². The van der Waals surface area contributed by atoms with Gasteiger partial charge in [0, 0.05) is 23.2 Å². The van der Waals surface area contributed by atoms with Gasteiger partial charge >= 0.3 is 5.97 Å². The number of carbonyl (C=O) groups excluding carboxylic acids is 3. The number of carbonyl (C=O) groups is 3. The van der Waals surface area contributed by atoms with E-state index in [2.05, 4.69) is 6.58 Å². The number of nitrogens with zero attached hydrogens (tertiary/aromatic N) is 2. The maximum atomic E-state index is 12.8. The summed E-state index contributed by atoms with van der Waals surface area (Å²) in [5.41, 5.74) is 2.52. The van der Waals surface area contributed by atoms with Crippen LogP contribution >= 0.6 is 0 Å². The number of furan rings is 1. The van der Waals surface area contributed by atoms with Crippen LogP contribution in [0.15, 0.2) is 64.1 Å². The molecule has 30 heavy (non-hydrogen) atoms. The summed E-state index contributed by atoms with van der Waals surface area (Å²) in [6, 6.07) is 10.6. The number of hydrogen-bond acceptors (Lipinski definition) is 6. The molecule has 1 aromatic heterocycles. The third kappa shape index (κ3) is 3.05. The van der Waals surface area contributed by atoms with Crippen molar-refractivity contribution in [3.8, 4) is 17.4 Å². The summed E-state index contributed by atoms with van der Waals surface area (Å²) in [6.45, 7) is 5.35. The average molecular weight is 400 g/mol. The molecular formula is C23H16N2O5. The molecule has 3 heterocycles. The minimum Gasteiger partial charge on any atom is -0.457 e. The number of esters is 1. The summed E-state index contributed by atoms with van der Waals surface area (Å²) in [5, 5.41) is 9.36. The summed E-state index contributed by atoms with van der Waals surface area (Å²) >= 11 is 0. The Kier molecular flexibility index (Phi) is 4.68. The predicted molar refractivity (Wildman–Crippen MR) is 106 cm³/mol. The molecule has 0 radical (unpaired) electrons. The highest BCUT2D eigenvalue weighted by Gasteiger charge is 2.34. The number of nitriles is 1. The Bertz CT molecular complexity index is 1220. The molecule has 7 heteroatoms. The van der Waals surface area contributed by atoms with Crippen LogP contribution in [0.3, 0.4) is 0 Å². The van der Waals surface area contributed by atoms with Crippen molar-refractivity contribution in [2.45, 2.75) is 13.5 Å². The highest BCUT2D eigenvalue weighted by molar-refractivity contribution is 6.19. The van der Waals surface area contributed by atoms with Gasteiger partial charge in [0.25, 0.3) is 11.8 Å². The van der Waals surface area contributed by atoms with E-state index in [1.54, 1.807) is 31.2 Å². The minimum absolute atomic E-state index is 0.00673. The molecule has 0 fully saturated rings. The van der Waals surface area contributed by atoms with Crippen molar-refractivity contribution >= 4 is 23.9 Å². The first-order valence-corrected chi connectivity index (χ1v) is 9.15.